The third-order valence-corrected chi connectivity index (χ3v) is 5.10. The summed E-state index contributed by atoms with van der Waals surface area (Å²) in [4.78, 5) is 30.6. The zero-order valence-electron chi connectivity index (χ0n) is 16.6. The Morgan fingerprint density at radius 3 is 2.70 bits per heavy atom. The number of benzene rings is 1. The molecule has 0 aliphatic carbocycles. The van der Waals surface area contributed by atoms with Crippen molar-refractivity contribution in [3.8, 4) is 0 Å². The Bertz CT molecular complexity index is 1350. The first-order valence-corrected chi connectivity index (χ1v) is 9.57. The fourth-order valence-electron chi connectivity index (χ4n) is 3.49. The van der Waals surface area contributed by atoms with Gasteiger partial charge in [0.2, 0.25) is 11.5 Å². The van der Waals surface area contributed by atoms with E-state index in [1.807, 2.05) is 19.9 Å². The summed E-state index contributed by atoms with van der Waals surface area (Å²) in [7, 11) is 0. The lowest BCUT2D eigenvalue weighted by Crippen LogP contribution is -2.42. The lowest BCUT2D eigenvalue weighted by molar-refractivity contribution is -0.655. The molecule has 3 heterocycles. The number of aryl methyl sites for hydroxylation is 2. The van der Waals surface area contributed by atoms with E-state index in [-0.39, 0.29) is 29.3 Å². The number of carbonyl (C=O) groups excluding carboxylic acids is 1. The van der Waals surface area contributed by atoms with Gasteiger partial charge in [0.15, 0.2) is 0 Å². The van der Waals surface area contributed by atoms with Crippen molar-refractivity contribution < 1.29 is 13.8 Å². The number of nitrogens with two attached hydrogens (primary N) is 1. The molecular formula is C22H21FN5O2+. The Labute approximate surface area is 171 Å². The van der Waals surface area contributed by atoms with E-state index in [1.165, 1.54) is 22.6 Å². The van der Waals surface area contributed by atoms with Gasteiger partial charge in [-0.2, -0.15) is 0 Å². The van der Waals surface area contributed by atoms with Crippen molar-refractivity contribution in [3.05, 3.63) is 81.5 Å². The molecule has 1 aromatic carbocycles. The fraction of sp³-hybridized carbons (Fsp3) is 0.182. The van der Waals surface area contributed by atoms with Crippen LogP contribution in [0.15, 0.2) is 53.5 Å². The van der Waals surface area contributed by atoms with Crippen molar-refractivity contribution in [2.45, 2.75) is 26.9 Å². The molecule has 152 valence electrons. The number of amides is 1. The van der Waals surface area contributed by atoms with Gasteiger partial charge in [0.05, 0.1) is 6.54 Å². The molecule has 30 heavy (non-hydrogen) atoms. The van der Waals surface area contributed by atoms with E-state index in [0.29, 0.717) is 23.2 Å². The molecule has 3 aromatic heterocycles. The highest BCUT2D eigenvalue weighted by Crippen LogP contribution is 2.16. The molecule has 0 saturated heterocycles. The summed E-state index contributed by atoms with van der Waals surface area (Å²) in [6, 6.07) is 11.0. The molecule has 0 spiro atoms. The van der Waals surface area contributed by atoms with Gasteiger partial charge in [-0.1, -0.05) is 23.2 Å². The van der Waals surface area contributed by atoms with Crippen LogP contribution in [-0.2, 0) is 13.1 Å². The van der Waals surface area contributed by atoms with Crippen molar-refractivity contribution in [2.24, 2.45) is 0 Å². The number of anilines is 1. The first-order valence-electron chi connectivity index (χ1n) is 9.57. The number of pyridine rings is 2. The summed E-state index contributed by atoms with van der Waals surface area (Å²) in [6.45, 7) is 4.40. The SMILES string of the molecule is CC[n+]1c(N)c(C(=O)NCc2ccc(F)cc2)cc2c(=O)n3cccc(C)c3nc21. The van der Waals surface area contributed by atoms with Crippen molar-refractivity contribution in [1.29, 1.82) is 0 Å². The highest BCUT2D eigenvalue weighted by Gasteiger charge is 2.24. The first-order chi connectivity index (χ1) is 14.4. The van der Waals surface area contributed by atoms with Crippen LogP contribution in [0.2, 0.25) is 0 Å². The largest absolute Gasteiger partial charge is 0.348 e. The number of nitrogen functional groups attached to an aromatic ring is 1. The van der Waals surface area contributed by atoms with Crippen LogP contribution in [0.4, 0.5) is 10.2 Å². The topological polar surface area (TPSA) is 93.4 Å². The predicted molar refractivity (Wildman–Crippen MR) is 112 cm³/mol. The summed E-state index contributed by atoms with van der Waals surface area (Å²) in [5.74, 6) is -0.538. The van der Waals surface area contributed by atoms with Crippen LogP contribution in [0.3, 0.4) is 0 Å². The summed E-state index contributed by atoms with van der Waals surface area (Å²) >= 11 is 0. The maximum absolute atomic E-state index is 13.1. The fourth-order valence-corrected chi connectivity index (χ4v) is 3.49. The number of hydrogen-bond donors (Lipinski definition) is 2. The molecule has 0 aliphatic rings. The van der Waals surface area contributed by atoms with Gasteiger partial charge in [-0.05, 0) is 43.7 Å². The average Bonchev–Trinajstić information content (AvgIpc) is 2.74. The maximum atomic E-state index is 13.1. The Morgan fingerprint density at radius 1 is 1.27 bits per heavy atom. The second kappa shape index (κ2) is 7.55. The highest BCUT2D eigenvalue weighted by atomic mass is 19.1. The smallest absolute Gasteiger partial charge is 0.278 e. The average molecular weight is 406 g/mol. The summed E-state index contributed by atoms with van der Waals surface area (Å²) in [5, 5.41) is 3.08. The van der Waals surface area contributed by atoms with Gasteiger partial charge in [0, 0.05) is 18.3 Å². The van der Waals surface area contributed by atoms with Crippen molar-refractivity contribution in [1.82, 2.24) is 14.7 Å². The zero-order chi connectivity index (χ0) is 21.4. The Morgan fingerprint density at radius 2 is 2.00 bits per heavy atom. The van der Waals surface area contributed by atoms with Crippen molar-refractivity contribution in [3.63, 3.8) is 0 Å². The molecule has 0 radical (unpaired) electrons. The van der Waals surface area contributed by atoms with Gasteiger partial charge in [0.25, 0.3) is 17.1 Å². The van der Waals surface area contributed by atoms with Crippen LogP contribution in [0, 0.1) is 12.7 Å². The molecule has 0 saturated carbocycles. The molecule has 3 N–H and O–H groups in total. The molecule has 4 aromatic rings. The molecule has 0 bridgehead atoms. The predicted octanol–water partition coefficient (Wildman–Crippen LogP) is 2.11. The summed E-state index contributed by atoms with van der Waals surface area (Å²) < 4.78 is 16.2. The molecule has 4 rings (SSSR count). The molecule has 0 unspecified atom stereocenters. The van der Waals surface area contributed by atoms with Crippen LogP contribution in [0.1, 0.15) is 28.4 Å². The number of carbonyl (C=O) groups is 1. The molecular weight excluding hydrogens is 385 g/mol. The summed E-state index contributed by atoms with van der Waals surface area (Å²) in [5.41, 5.74) is 8.80. The van der Waals surface area contributed by atoms with Gasteiger partial charge in [0.1, 0.15) is 16.8 Å². The number of rotatable bonds is 4. The molecule has 8 heteroatoms. The standard InChI is InChI=1S/C22H20FN5O2/c1-3-27-18(24)16(21(29)25-12-14-6-8-15(23)9-7-14)11-17-20(27)26-19-13(2)5-4-10-28(19)22(17)30/h4-11,24H,3,12H2,1-2H3,(H,25,29)/p+1. The monoisotopic (exact) mass is 406 g/mol. The molecule has 0 fully saturated rings. The number of nitrogens with zero attached hydrogens (tertiary/aromatic N) is 3. The second-order valence-corrected chi connectivity index (χ2v) is 7.04. The number of nitrogens with one attached hydrogen (secondary N) is 1. The molecule has 0 atom stereocenters. The summed E-state index contributed by atoms with van der Waals surface area (Å²) in [6.07, 6.45) is 1.65. The van der Waals surface area contributed by atoms with Crippen LogP contribution in [0.5, 0.6) is 0 Å². The maximum Gasteiger partial charge on any atom is 0.278 e. The van der Waals surface area contributed by atoms with Crippen LogP contribution < -0.4 is 21.2 Å². The normalized spacial score (nSPS) is 11.2. The second-order valence-electron chi connectivity index (χ2n) is 7.04. The van der Waals surface area contributed by atoms with Gasteiger partial charge in [-0.25, -0.2) is 8.96 Å². The third-order valence-electron chi connectivity index (χ3n) is 5.10. The van der Waals surface area contributed by atoms with E-state index < -0.39 is 5.91 Å². The van der Waals surface area contributed by atoms with E-state index in [0.717, 1.165) is 11.1 Å². The Kier molecular flexibility index (Phi) is 4.91. The quantitative estimate of drug-likeness (QED) is 0.401. The van der Waals surface area contributed by atoms with Crippen LogP contribution >= 0.6 is 0 Å². The lowest BCUT2D eigenvalue weighted by Gasteiger charge is -2.11. The molecule has 7 nitrogen and oxygen atoms in total. The Balaban J connectivity index is 1.82. The van der Waals surface area contributed by atoms with Crippen molar-refractivity contribution in [2.75, 3.05) is 5.73 Å². The number of hydrogen-bond acceptors (Lipinski definition) is 4. The van der Waals surface area contributed by atoms with E-state index in [9.17, 15) is 14.0 Å². The number of fused-ring (bicyclic) bond motifs is 2. The van der Waals surface area contributed by atoms with Crippen LogP contribution in [-0.4, -0.2) is 15.3 Å². The minimum absolute atomic E-state index is 0.193. The molecule has 0 aliphatic heterocycles. The van der Waals surface area contributed by atoms with E-state index in [4.69, 9.17) is 5.73 Å². The first kappa shape index (κ1) is 19.5. The highest BCUT2D eigenvalue weighted by molar-refractivity contribution is 6.00. The van der Waals surface area contributed by atoms with Gasteiger partial charge >= 0.3 is 0 Å². The minimum Gasteiger partial charge on any atom is -0.348 e. The van der Waals surface area contributed by atoms with Gasteiger partial charge in [-0.3, -0.25) is 14.0 Å². The van der Waals surface area contributed by atoms with Gasteiger partial charge < -0.3 is 11.1 Å². The van der Waals surface area contributed by atoms with Crippen LogP contribution in [0.25, 0.3) is 16.7 Å². The Hall–Kier alpha value is -3.81. The third kappa shape index (κ3) is 3.26. The van der Waals surface area contributed by atoms with Gasteiger partial charge in [-0.15, -0.1) is 0 Å². The van der Waals surface area contributed by atoms with Crippen molar-refractivity contribution >= 4 is 28.4 Å². The van der Waals surface area contributed by atoms with E-state index in [1.54, 1.807) is 29.0 Å². The minimum atomic E-state index is -0.422. The molecule has 1 amide bonds. The van der Waals surface area contributed by atoms with E-state index >= 15 is 0 Å². The zero-order valence-corrected chi connectivity index (χ0v) is 16.6. The van der Waals surface area contributed by atoms with E-state index in [2.05, 4.69) is 10.3 Å². The lowest BCUT2D eigenvalue weighted by atomic mass is 10.1. The number of aromatic nitrogens is 3. The number of halogens is 1.